The molecule has 22 heteroatoms. The molecule has 0 bridgehead atoms. The second kappa shape index (κ2) is 22.5. The highest BCUT2D eigenvalue weighted by Gasteiger charge is 2.34. The largest absolute Gasteiger partial charge is 0.478 e. The number of aromatic carboxylic acids is 1. The molecule has 10 rings (SSSR count). The highest BCUT2D eigenvalue weighted by atomic mass is 35.5. The summed E-state index contributed by atoms with van der Waals surface area (Å²) < 4.78 is 53.5. The predicted molar refractivity (Wildman–Crippen MR) is 293 cm³/mol. The molecule has 8 aromatic rings. The number of carbonyl (C=O) groups excluding carboxylic acids is 1. The van der Waals surface area contributed by atoms with Gasteiger partial charge in [-0.05, 0) is 101 Å². The van der Waals surface area contributed by atoms with Gasteiger partial charge in [-0.3, -0.25) is 34.0 Å². The van der Waals surface area contributed by atoms with Crippen molar-refractivity contribution in [2.24, 2.45) is 0 Å². The normalized spacial score (nSPS) is 14.9. The number of carbonyl (C=O) groups is 2. The van der Waals surface area contributed by atoms with E-state index in [1.54, 1.807) is 60.5 Å². The maximum atomic E-state index is 14.0. The van der Waals surface area contributed by atoms with Gasteiger partial charge in [0.15, 0.2) is 11.3 Å². The van der Waals surface area contributed by atoms with Crippen LogP contribution in [0.3, 0.4) is 0 Å². The van der Waals surface area contributed by atoms with Crippen molar-refractivity contribution in [1.82, 2.24) is 39.4 Å². The van der Waals surface area contributed by atoms with Gasteiger partial charge in [-0.15, -0.1) is 12.4 Å². The molecule has 4 aromatic heterocycles. The standard InChI is InChI=1S/C26H27N5O4S.C17H18N4O.C9H11NO4S.CH4.ClH/c1-15-9-10-21(29-36(4,34)35)20(11-15)26(33)30-14-19-8-6-5-7-18(19)12-23(30)22-13-24-27-17(3)16(2)25(32)31(24)28-22;1-10-11(2)19-16-8-15(20-21(16)17(10)22)14-7-12-5-3-4-6-13(12)9-18-14;1-6-3-4-8(10-15(2,13)14)7(5-6)9(11)12;;/h5-11,13,23,28-29H,12,14H2,1-4H3;3-6,8,14,18,20H,7,9H2,1-2H3;3-5,10H,1-2H3,(H,11,12);1H4;1H/t23-;14-;;;/m00.../s1. The van der Waals surface area contributed by atoms with E-state index >= 15 is 0 Å². The number of hydrogen-bond donors (Lipinski definition) is 6. The number of fused-ring (bicyclic) bond motifs is 4. The van der Waals surface area contributed by atoms with E-state index < -0.39 is 32.1 Å². The fourth-order valence-electron chi connectivity index (χ4n) is 8.92. The molecule has 0 unspecified atom stereocenters. The smallest absolute Gasteiger partial charge is 0.337 e. The number of nitrogens with one attached hydrogen (secondary N) is 5. The summed E-state index contributed by atoms with van der Waals surface area (Å²) in [7, 11) is -7.05. The van der Waals surface area contributed by atoms with Gasteiger partial charge >= 0.3 is 5.97 Å². The fourth-order valence-corrected chi connectivity index (χ4v) is 10.1. The SMILES string of the molecule is C.Cc1ccc(NS(C)(=O)=O)c(C(=O)N2Cc3ccccc3C[C@H]2c2cc3nc(C)c(C)c(=O)n3[nH]2)c1.Cc1ccc(NS(C)(=O)=O)c(C(=O)O)c1.Cc1nc2cc([C@@H]3Cc4ccccc4CN3)[nH]n2c(=O)c1C.Cl. The Hall–Kier alpha value is -7.59. The van der Waals surface area contributed by atoms with Crippen LogP contribution < -0.4 is 25.9 Å². The Bertz CT molecular complexity index is 3850. The minimum atomic E-state index is -3.59. The lowest BCUT2D eigenvalue weighted by atomic mass is 9.91. The van der Waals surface area contributed by atoms with Gasteiger partial charge in [0, 0.05) is 47.7 Å². The predicted octanol–water partition coefficient (Wildman–Crippen LogP) is 7.41. The van der Waals surface area contributed by atoms with Gasteiger partial charge in [0.1, 0.15) is 0 Å². The Kier molecular flexibility index (Phi) is 17.0. The van der Waals surface area contributed by atoms with Crippen molar-refractivity contribution in [3.05, 3.63) is 196 Å². The van der Waals surface area contributed by atoms with Crippen LogP contribution in [0.25, 0.3) is 11.3 Å². The highest BCUT2D eigenvalue weighted by Crippen LogP contribution is 2.36. The molecule has 0 spiro atoms. The zero-order valence-corrected chi connectivity index (χ0v) is 44.3. The number of anilines is 2. The Balaban J connectivity index is 0.000000200. The second-order valence-electron chi connectivity index (χ2n) is 18.5. The van der Waals surface area contributed by atoms with Gasteiger partial charge in [-0.1, -0.05) is 79.2 Å². The number of aromatic nitrogens is 6. The summed E-state index contributed by atoms with van der Waals surface area (Å²) in [5.74, 6) is -1.47. The molecule has 2 aliphatic heterocycles. The van der Waals surface area contributed by atoms with E-state index in [1.165, 1.54) is 27.8 Å². The molecule has 6 heterocycles. The number of amides is 1. The van der Waals surface area contributed by atoms with E-state index in [0.29, 0.717) is 46.8 Å². The Morgan fingerprint density at radius 2 is 1.08 bits per heavy atom. The van der Waals surface area contributed by atoms with Crippen LogP contribution in [0.4, 0.5) is 11.4 Å². The van der Waals surface area contributed by atoms with Gasteiger partial charge in [-0.2, -0.15) is 0 Å². The third-order valence-electron chi connectivity index (χ3n) is 12.9. The minimum absolute atomic E-state index is 0. The van der Waals surface area contributed by atoms with Crippen molar-refractivity contribution in [2.75, 3.05) is 22.0 Å². The van der Waals surface area contributed by atoms with Gasteiger partial charge in [-0.25, -0.2) is 40.6 Å². The number of rotatable bonds is 8. The number of halogens is 1. The molecule has 396 valence electrons. The maximum Gasteiger partial charge on any atom is 0.337 e. The van der Waals surface area contributed by atoms with Crippen LogP contribution in [0.5, 0.6) is 0 Å². The van der Waals surface area contributed by atoms with Gasteiger partial charge < -0.3 is 15.3 Å². The van der Waals surface area contributed by atoms with E-state index in [2.05, 4.69) is 59.2 Å². The average molecular weight is 1080 g/mol. The summed E-state index contributed by atoms with van der Waals surface area (Å²) >= 11 is 0. The molecule has 0 saturated heterocycles. The summed E-state index contributed by atoms with van der Waals surface area (Å²) in [6, 6.07) is 29.5. The maximum absolute atomic E-state index is 14.0. The van der Waals surface area contributed by atoms with E-state index in [4.69, 9.17) is 5.11 Å². The molecular weight excluding hydrogens is 1020 g/mol. The zero-order valence-electron chi connectivity index (χ0n) is 41.9. The fraction of sp³-hybridized carbons (Fsp3) is 0.283. The number of carboxylic acid groups (broad SMARTS) is 1. The van der Waals surface area contributed by atoms with Crippen LogP contribution in [0.15, 0.2) is 107 Å². The number of sulfonamides is 2. The number of aromatic amines is 2. The Labute approximate surface area is 441 Å². The van der Waals surface area contributed by atoms with E-state index in [1.807, 2.05) is 51.1 Å². The third-order valence-corrected chi connectivity index (χ3v) is 14.1. The zero-order chi connectivity index (χ0) is 52.7. The molecule has 0 aliphatic carbocycles. The molecule has 2 aliphatic rings. The molecule has 0 radical (unpaired) electrons. The number of nitrogens with zero attached hydrogens (tertiary/aromatic N) is 5. The van der Waals surface area contributed by atoms with Crippen LogP contribution in [0.1, 0.15) is 108 Å². The van der Waals surface area contributed by atoms with Crippen LogP contribution in [0.2, 0.25) is 0 Å². The highest BCUT2D eigenvalue weighted by molar-refractivity contribution is 7.92. The first-order valence-corrected chi connectivity index (χ1v) is 27.0. The molecule has 1 amide bonds. The monoisotopic (exact) mass is 1080 g/mol. The lowest BCUT2D eigenvalue weighted by Gasteiger charge is -2.37. The molecule has 2 atom stereocenters. The summed E-state index contributed by atoms with van der Waals surface area (Å²) in [6.07, 6.45) is 3.47. The summed E-state index contributed by atoms with van der Waals surface area (Å²) in [4.78, 5) is 60.8. The lowest BCUT2D eigenvalue weighted by molar-refractivity contribution is 0.0632. The number of hydrogen-bond acceptors (Lipinski definition) is 11. The summed E-state index contributed by atoms with van der Waals surface area (Å²) in [5.41, 5.74) is 12.3. The van der Waals surface area contributed by atoms with Crippen molar-refractivity contribution in [2.45, 2.75) is 87.0 Å². The molecule has 6 N–H and O–H groups in total. The Morgan fingerprint density at radius 1 is 0.627 bits per heavy atom. The molecule has 19 nitrogen and oxygen atoms in total. The number of benzene rings is 4. The van der Waals surface area contributed by atoms with Crippen LogP contribution in [-0.2, 0) is 46.0 Å². The molecule has 75 heavy (non-hydrogen) atoms. The van der Waals surface area contributed by atoms with Crippen molar-refractivity contribution < 1.29 is 31.5 Å². The van der Waals surface area contributed by atoms with Crippen molar-refractivity contribution in [3.63, 3.8) is 0 Å². The van der Waals surface area contributed by atoms with E-state index in [-0.39, 0.29) is 65.4 Å². The van der Waals surface area contributed by atoms with Gasteiger partial charge in [0.2, 0.25) is 20.0 Å². The first-order chi connectivity index (χ1) is 34.4. The van der Waals surface area contributed by atoms with E-state index in [9.17, 15) is 36.0 Å². The van der Waals surface area contributed by atoms with Crippen LogP contribution in [0, 0.1) is 41.5 Å². The second-order valence-corrected chi connectivity index (χ2v) is 22.0. The Morgan fingerprint density at radius 3 is 1.60 bits per heavy atom. The topological polar surface area (TPSA) is 262 Å². The number of H-pyrrole nitrogens is 2. The van der Waals surface area contributed by atoms with E-state index in [0.717, 1.165) is 59.1 Å². The minimum Gasteiger partial charge on any atom is -0.478 e. The van der Waals surface area contributed by atoms with Crippen molar-refractivity contribution in [3.8, 4) is 0 Å². The molecular formula is C53H61ClN10O9S2. The van der Waals surface area contributed by atoms with Gasteiger partial charge in [0.05, 0.1) is 58.5 Å². The van der Waals surface area contributed by atoms with Gasteiger partial charge in [0.25, 0.3) is 17.0 Å². The van der Waals surface area contributed by atoms with Crippen molar-refractivity contribution in [1.29, 1.82) is 0 Å². The first kappa shape index (κ1) is 56.7. The number of aryl methyl sites for hydroxylation is 4. The van der Waals surface area contributed by atoms with Crippen molar-refractivity contribution >= 4 is 67.0 Å². The summed E-state index contributed by atoms with van der Waals surface area (Å²) in [6.45, 7) is 12.0. The first-order valence-electron chi connectivity index (χ1n) is 23.2. The quantitative estimate of drug-likeness (QED) is 0.0869. The molecule has 0 fully saturated rings. The summed E-state index contributed by atoms with van der Waals surface area (Å²) in [5, 5.41) is 18.8. The molecule has 4 aromatic carbocycles. The van der Waals surface area contributed by atoms with Crippen LogP contribution in [-0.4, -0.2) is 80.4 Å². The average Bonchev–Trinajstić information content (AvgIpc) is 3.97. The number of carboxylic acids is 1. The lowest BCUT2D eigenvalue weighted by Crippen LogP contribution is -2.39. The van der Waals surface area contributed by atoms with Crippen LogP contribution >= 0.6 is 12.4 Å². The third kappa shape index (κ3) is 12.7. The molecule has 0 saturated carbocycles.